The number of carbonyl (C=O) groups is 1. The normalized spacial score (nSPS) is 10.4. The van der Waals surface area contributed by atoms with E-state index in [4.69, 9.17) is 4.84 Å². The molecule has 0 saturated carbocycles. The summed E-state index contributed by atoms with van der Waals surface area (Å²) in [5.74, 6) is -0.462. The third-order valence-electron chi connectivity index (χ3n) is 4.14. The fraction of sp³-hybridized carbons (Fsp3) is 0.143. The minimum atomic E-state index is -0.496. The van der Waals surface area contributed by atoms with Crippen LogP contribution in [0.2, 0.25) is 0 Å². The summed E-state index contributed by atoms with van der Waals surface area (Å²) in [6, 6.07) is 18.2. The second-order valence-electron chi connectivity index (χ2n) is 6.07. The molecule has 5 nitrogen and oxygen atoms in total. The van der Waals surface area contributed by atoms with Crippen molar-refractivity contribution in [2.24, 2.45) is 0 Å². The van der Waals surface area contributed by atoms with Crippen LogP contribution >= 0.6 is 0 Å². The van der Waals surface area contributed by atoms with E-state index in [-0.39, 0.29) is 12.2 Å². The van der Waals surface area contributed by atoms with Crippen LogP contribution < -0.4 is 15.7 Å². The van der Waals surface area contributed by atoms with Crippen LogP contribution in [0.15, 0.2) is 71.7 Å². The maximum absolute atomic E-state index is 12.5. The van der Waals surface area contributed by atoms with Gasteiger partial charge in [-0.2, -0.15) is 4.73 Å². The molecule has 0 aliphatic carbocycles. The predicted octanol–water partition coefficient (Wildman–Crippen LogP) is 3.35. The Balaban J connectivity index is 1.76. The van der Waals surface area contributed by atoms with E-state index >= 15 is 0 Å². The van der Waals surface area contributed by atoms with E-state index in [0.29, 0.717) is 5.69 Å². The summed E-state index contributed by atoms with van der Waals surface area (Å²) in [7, 11) is 0. The second kappa shape index (κ2) is 7.70. The lowest BCUT2D eigenvalue weighted by molar-refractivity contribution is 0.0863. The molecule has 1 heterocycles. The summed E-state index contributed by atoms with van der Waals surface area (Å²) in [5.41, 5.74) is 3.32. The zero-order valence-corrected chi connectivity index (χ0v) is 14.7. The Labute approximate surface area is 151 Å². The van der Waals surface area contributed by atoms with Crippen molar-refractivity contribution in [3.05, 3.63) is 99.5 Å². The van der Waals surface area contributed by atoms with Crippen molar-refractivity contribution in [2.75, 3.05) is 5.32 Å². The lowest BCUT2D eigenvalue weighted by Crippen LogP contribution is -2.32. The Morgan fingerprint density at radius 1 is 1.00 bits per heavy atom. The molecule has 1 amide bonds. The molecule has 1 N–H and O–H groups in total. The van der Waals surface area contributed by atoms with Crippen LogP contribution in [0, 0.1) is 13.8 Å². The molecule has 0 aliphatic rings. The third-order valence-corrected chi connectivity index (χ3v) is 4.14. The summed E-state index contributed by atoms with van der Waals surface area (Å²) in [5, 5.41) is 2.76. The number of nitrogens with one attached hydrogen (secondary N) is 1. The van der Waals surface area contributed by atoms with Crippen LogP contribution in [0.3, 0.4) is 0 Å². The number of pyridine rings is 1. The monoisotopic (exact) mass is 348 g/mol. The van der Waals surface area contributed by atoms with Gasteiger partial charge in [-0.1, -0.05) is 36.4 Å². The largest absolute Gasteiger partial charge is 0.406 e. The van der Waals surface area contributed by atoms with E-state index in [1.54, 1.807) is 6.07 Å². The summed E-state index contributed by atoms with van der Waals surface area (Å²) < 4.78 is 1.09. The number of aryl methyl sites for hydroxylation is 2. The summed E-state index contributed by atoms with van der Waals surface area (Å²) in [4.78, 5) is 30.5. The molecule has 0 atom stereocenters. The SMILES string of the molecule is Cc1ccc(NC(=O)c2cccn(OCc3ccccc3)c2=O)cc1C. The van der Waals surface area contributed by atoms with Crippen molar-refractivity contribution in [1.29, 1.82) is 0 Å². The van der Waals surface area contributed by atoms with E-state index in [0.717, 1.165) is 21.4 Å². The Bertz CT molecular complexity index is 978. The molecule has 0 saturated heterocycles. The maximum atomic E-state index is 12.5. The molecule has 3 rings (SSSR count). The summed E-state index contributed by atoms with van der Waals surface area (Å²) in [6.45, 7) is 4.21. The number of hydrogen-bond acceptors (Lipinski definition) is 3. The molecule has 0 bridgehead atoms. The Kier molecular flexibility index (Phi) is 5.17. The maximum Gasteiger partial charge on any atom is 0.295 e. The molecule has 0 fully saturated rings. The number of amides is 1. The van der Waals surface area contributed by atoms with Gasteiger partial charge >= 0.3 is 0 Å². The number of nitrogens with zero attached hydrogens (tertiary/aromatic N) is 1. The van der Waals surface area contributed by atoms with Crippen molar-refractivity contribution in [2.45, 2.75) is 20.5 Å². The van der Waals surface area contributed by atoms with Gasteiger partial charge in [-0.3, -0.25) is 9.59 Å². The lowest BCUT2D eigenvalue weighted by atomic mass is 10.1. The van der Waals surface area contributed by atoms with Gasteiger partial charge in [-0.05, 0) is 54.8 Å². The van der Waals surface area contributed by atoms with Gasteiger partial charge in [0.15, 0.2) is 0 Å². The van der Waals surface area contributed by atoms with Gasteiger partial charge in [0.05, 0.1) is 0 Å². The first-order chi connectivity index (χ1) is 12.5. The van der Waals surface area contributed by atoms with Crippen LogP contribution in [-0.2, 0) is 6.61 Å². The molecule has 132 valence electrons. The molecule has 0 unspecified atom stereocenters. The minimum absolute atomic E-state index is 0.0267. The van der Waals surface area contributed by atoms with E-state index in [1.807, 2.05) is 62.4 Å². The number of rotatable bonds is 5. The number of benzene rings is 2. The quantitative estimate of drug-likeness (QED) is 0.769. The molecular formula is C21H20N2O3. The zero-order valence-electron chi connectivity index (χ0n) is 14.7. The van der Waals surface area contributed by atoms with E-state index < -0.39 is 11.5 Å². The molecular weight excluding hydrogens is 328 g/mol. The first kappa shape index (κ1) is 17.5. The molecule has 0 aliphatic heterocycles. The van der Waals surface area contributed by atoms with E-state index in [9.17, 15) is 9.59 Å². The summed E-state index contributed by atoms with van der Waals surface area (Å²) in [6.07, 6.45) is 1.50. The van der Waals surface area contributed by atoms with Gasteiger partial charge in [0.1, 0.15) is 12.2 Å². The van der Waals surface area contributed by atoms with Gasteiger partial charge in [0, 0.05) is 11.9 Å². The van der Waals surface area contributed by atoms with Gasteiger partial charge in [-0.15, -0.1) is 0 Å². The standard InChI is InChI=1S/C21H20N2O3/c1-15-10-11-18(13-16(15)2)22-20(24)19-9-6-12-23(21(19)25)26-14-17-7-4-3-5-8-17/h3-13H,14H2,1-2H3,(H,22,24). The summed E-state index contributed by atoms with van der Waals surface area (Å²) >= 11 is 0. The highest BCUT2D eigenvalue weighted by Crippen LogP contribution is 2.14. The molecule has 26 heavy (non-hydrogen) atoms. The number of anilines is 1. The van der Waals surface area contributed by atoms with Crippen LogP contribution in [0.1, 0.15) is 27.0 Å². The Morgan fingerprint density at radius 2 is 1.77 bits per heavy atom. The fourth-order valence-corrected chi connectivity index (χ4v) is 2.49. The van der Waals surface area contributed by atoms with Crippen LogP contribution in [0.25, 0.3) is 0 Å². The smallest absolute Gasteiger partial charge is 0.295 e. The molecule has 2 aromatic carbocycles. The van der Waals surface area contributed by atoms with E-state index in [2.05, 4.69) is 5.32 Å². The Hall–Kier alpha value is -3.34. The fourth-order valence-electron chi connectivity index (χ4n) is 2.49. The van der Waals surface area contributed by atoms with Gasteiger partial charge in [0.2, 0.25) is 0 Å². The van der Waals surface area contributed by atoms with Crippen molar-refractivity contribution < 1.29 is 9.63 Å². The van der Waals surface area contributed by atoms with Crippen LogP contribution in [0.5, 0.6) is 0 Å². The highest BCUT2D eigenvalue weighted by molar-refractivity contribution is 6.04. The molecule has 0 radical (unpaired) electrons. The number of aromatic nitrogens is 1. The highest BCUT2D eigenvalue weighted by atomic mass is 16.7. The van der Waals surface area contributed by atoms with Gasteiger partial charge in [-0.25, -0.2) is 0 Å². The van der Waals surface area contributed by atoms with Gasteiger partial charge in [0.25, 0.3) is 11.5 Å². The van der Waals surface area contributed by atoms with Crippen molar-refractivity contribution in [1.82, 2.24) is 4.73 Å². The third kappa shape index (κ3) is 4.00. The topological polar surface area (TPSA) is 60.3 Å². The molecule has 3 aromatic rings. The van der Waals surface area contributed by atoms with Crippen LogP contribution in [0.4, 0.5) is 5.69 Å². The van der Waals surface area contributed by atoms with Crippen molar-refractivity contribution >= 4 is 11.6 Å². The van der Waals surface area contributed by atoms with Crippen molar-refractivity contribution in [3.63, 3.8) is 0 Å². The Morgan fingerprint density at radius 3 is 2.50 bits per heavy atom. The first-order valence-electron chi connectivity index (χ1n) is 8.32. The predicted molar refractivity (Wildman–Crippen MR) is 101 cm³/mol. The lowest BCUT2D eigenvalue weighted by Gasteiger charge is -2.11. The number of carbonyl (C=O) groups excluding carboxylic acids is 1. The molecule has 1 aromatic heterocycles. The minimum Gasteiger partial charge on any atom is -0.406 e. The highest BCUT2D eigenvalue weighted by Gasteiger charge is 2.13. The zero-order chi connectivity index (χ0) is 18.5. The average Bonchev–Trinajstić information content (AvgIpc) is 2.64. The first-order valence-corrected chi connectivity index (χ1v) is 8.32. The van der Waals surface area contributed by atoms with Crippen LogP contribution in [-0.4, -0.2) is 10.6 Å². The second-order valence-corrected chi connectivity index (χ2v) is 6.07. The molecule has 5 heteroatoms. The number of hydrogen-bond donors (Lipinski definition) is 1. The van der Waals surface area contributed by atoms with Gasteiger partial charge < -0.3 is 10.2 Å². The average molecular weight is 348 g/mol. The van der Waals surface area contributed by atoms with Crippen molar-refractivity contribution in [3.8, 4) is 0 Å². The molecule has 0 spiro atoms. The van der Waals surface area contributed by atoms with E-state index in [1.165, 1.54) is 12.3 Å².